The van der Waals surface area contributed by atoms with E-state index in [1.807, 2.05) is 0 Å². The average molecular weight is 271 g/mol. The minimum absolute atomic E-state index is 0. The lowest BCUT2D eigenvalue weighted by molar-refractivity contribution is -0.138. The first-order valence-electron chi connectivity index (χ1n) is 3.93. The zero-order valence-corrected chi connectivity index (χ0v) is 9.94. The van der Waals surface area contributed by atoms with Crippen molar-refractivity contribution in [2.75, 3.05) is 0 Å². The molecule has 1 aromatic rings. The van der Waals surface area contributed by atoms with Crippen molar-refractivity contribution in [2.24, 2.45) is 5.73 Å². The molecule has 0 saturated heterocycles. The van der Waals surface area contributed by atoms with Gasteiger partial charge < -0.3 is 10.8 Å². The van der Waals surface area contributed by atoms with Gasteiger partial charge in [0.2, 0.25) is 0 Å². The summed E-state index contributed by atoms with van der Waals surface area (Å²) in [5.74, 6) is -1.07. The average Bonchev–Trinajstić information content (AvgIpc) is 2.11. The predicted molar refractivity (Wildman–Crippen MR) is 63.0 cm³/mol. The van der Waals surface area contributed by atoms with Gasteiger partial charge in [-0.1, -0.05) is 29.3 Å². The van der Waals surface area contributed by atoms with Gasteiger partial charge in [-0.15, -0.1) is 12.4 Å². The van der Waals surface area contributed by atoms with E-state index in [1.165, 1.54) is 0 Å². The first kappa shape index (κ1) is 14.5. The van der Waals surface area contributed by atoms with Crippen LogP contribution in [-0.2, 0) is 11.2 Å². The number of carboxylic acid groups (broad SMARTS) is 1. The lowest BCUT2D eigenvalue weighted by atomic mass is 10.1. The first-order valence-corrected chi connectivity index (χ1v) is 4.69. The molecule has 0 bridgehead atoms. The van der Waals surface area contributed by atoms with Gasteiger partial charge in [0.25, 0.3) is 0 Å². The number of benzene rings is 1. The number of aliphatic carboxylic acids is 1. The smallest absolute Gasteiger partial charge is 0.320 e. The third-order valence-electron chi connectivity index (χ3n) is 1.80. The van der Waals surface area contributed by atoms with Crippen molar-refractivity contribution in [1.29, 1.82) is 0 Å². The van der Waals surface area contributed by atoms with E-state index in [-0.39, 0.29) is 18.8 Å². The Labute approximate surface area is 104 Å². The van der Waals surface area contributed by atoms with Gasteiger partial charge in [0, 0.05) is 16.5 Å². The van der Waals surface area contributed by atoms with E-state index >= 15 is 0 Å². The minimum Gasteiger partial charge on any atom is -0.480 e. The van der Waals surface area contributed by atoms with Crippen LogP contribution in [-0.4, -0.2) is 17.1 Å². The van der Waals surface area contributed by atoms with E-state index in [9.17, 15) is 4.79 Å². The van der Waals surface area contributed by atoms with Gasteiger partial charge >= 0.3 is 5.97 Å². The molecule has 1 rings (SSSR count). The van der Waals surface area contributed by atoms with Crippen LogP contribution in [0.5, 0.6) is 0 Å². The summed E-state index contributed by atoms with van der Waals surface area (Å²) in [6.45, 7) is 0. The molecule has 0 radical (unpaired) electrons. The first-order chi connectivity index (χ1) is 6.52. The number of halogens is 3. The van der Waals surface area contributed by atoms with Crippen LogP contribution in [0.2, 0.25) is 10.0 Å². The molecule has 0 aromatic heterocycles. The number of rotatable bonds is 3. The Balaban J connectivity index is 0.00000196. The van der Waals surface area contributed by atoms with Crippen molar-refractivity contribution >= 4 is 41.6 Å². The van der Waals surface area contributed by atoms with Gasteiger partial charge in [-0.2, -0.15) is 0 Å². The third kappa shape index (κ3) is 3.87. The zero-order chi connectivity index (χ0) is 10.7. The van der Waals surface area contributed by atoms with E-state index in [0.717, 1.165) is 0 Å². The van der Waals surface area contributed by atoms with E-state index in [0.29, 0.717) is 15.6 Å². The molecule has 0 saturated carbocycles. The Morgan fingerprint density at radius 2 is 1.87 bits per heavy atom. The van der Waals surface area contributed by atoms with E-state index in [1.54, 1.807) is 18.2 Å². The molecule has 6 heteroatoms. The highest BCUT2D eigenvalue weighted by Crippen LogP contribution is 2.25. The van der Waals surface area contributed by atoms with Gasteiger partial charge in [-0.3, -0.25) is 4.79 Å². The maximum atomic E-state index is 10.5. The fourth-order valence-corrected chi connectivity index (χ4v) is 1.59. The molecular weight excluding hydrogens is 260 g/mol. The molecule has 0 spiro atoms. The van der Waals surface area contributed by atoms with Gasteiger partial charge in [0.1, 0.15) is 6.04 Å². The standard InChI is InChI=1S/C9H9Cl2NO2.ClH/c10-6-2-1-3-7(11)5(6)4-8(12)9(13)14;/h1-3,8H,4,12H2,(H,13,14);1H/t8-;/m0./s1. The monoisotopic (exact) mass is 269 g/mol. The van der Waals surface area contributed by atoms with Crippen molar-refractivity contribution in [3.63, 3.8) is 0 Å². The molecule has 0 unspecified atom stereocenters. The Morgan fingerprint density at radius 1 is 1.40 bits per heavy atom. The van der Waals surface area contributed by atoms with E-state index < -0.39 is 12.0 Å². The highest BCUT2D eigenvalue weighted by Gasteiger charge is 2.15. The quantitative estimate of drug-likeness (QED) is 0.886. The van der Waals surface area contributed by atoms with Crippen LogP contribution in [0.4, 0.5) is 0 Å². The Bertz CT molecular complexity index is 337. The van der Waals surface area contributed by atoms with Crippen LogP contribution in [0.15, 0.2) is 18.2 Å². The molecule has 3 N–H and O–H groups in total. The van der Waals surface area contributed by atoms with Gasteiger partial charge in [-0.05, 0) is 17.7 Å². The molecule has 0 aliphatic carbocycles. The maximum absolute atomic E-state index is 10.5. The van der Waals surface area contributed by atoms with Crippen LogP contribution in [0.1, 0.15) is 5.56 Å². The molecule has 1 aromatic carbocycles. The fraction of sp³-hybridized carbons (Fsp3) is 0.222. The van der Waals surface area contributed by atoms with Gasteiger partial charge in [0.15, 0.2) is 0 Å². The number of hydrogen-bond donors (Lipinski definition) is 2. The molecule has 3 nitrogen and oxygen atoms in total. The van der Waals surface area contributed by atoms with E-state index in [2.05, 4.69) is 0 Å². The van der Waals surface area contributed by atoms with Gasteiger partial charge in [-0.25, -0.2) is 0 Å². The molecule has 1 atom stereocenters. The maximum Gasteiger partial charge on any atom is 0.320 e. The SMILES string of the molecule is Cl.N[C@@H](Cc1c(Cl)cccc1Cl)C(=O)O. The highest BCUT2D eigenvalue weighted by atomic mass is 35.5. The molecule has 0 aliphatic heterocycles. The number of hydrogen-bond acceptors (Lipinski definition) is 2. The van der Waals surface area contributed by atoms with Crippen LogP contribution in [0.25, 0.3) is 0 Å². The summed E-state index contributed by atoms with van der Waals surface area (Å²) < 4.78 is 0. The summed E-state index contributed by atoms with van der Waals surface area (Å²) in [6, 6.07) is 4.02. The molecule has 0 fully saturated rings. The Morgan fingerprint density at radius 3 is 2.27 bits per heavy atom. The second-order valence-electron chi connectivity index (χ2n) is 2.85. The summed E-state index contributed by atoms with van der Waals surface area (Å²) >= 11 is 11.7. The second kappa shape index (κ2) is 6.18. The van der Waals surface area contributed by atoms with Crippen molar-refractivity contribution in [3.05, 3.63) is 33.8 Å². The number of nitrogens with two attached hydrogens (primary N) is 1. The van der Waals surface area contributed by atoms with Crippen LogP contribution < -0.4 is 5.73 Å². The zero-order valence-electron chi connectivity index (χ0n) is 7.61. The lowest BCUT2D eigenvalue weighted by Gasteiger charge is -2.09. The molecular formula is C9H10Cl3NO2. The van der Waals surface area contributed by atoms with Crippen LogP contribution in [0.3, 0.4) is 0 Å². The van der Waals surface area contributed by atoms with Crippen molar-refractivity contribution < 1.29 is 9.90 Å². The normalized spacial score (nSPS) is 11.7. The van der Waals surface area contributed by atoms with Crippen LogP contribution in [0, 0.1) is 0 Å². The largest absolute Gasteiger partial charge is 0.480 e. The summed E-state index contributed by atoms with van der Waals surface area (Å²) in [5, 5.41) is 9.49. The molecule has 0 aliphatic rings. The second-order valence-corrected chi connectivity index (χ2v) is 3.66. The summed E-state index contributed by atoms with van der Waals surface area (Å²) in [4.78, 5) is 10.5. The van der Waals surface area contributed by atoms with Crippen molar-refractivity contribution in [2.45, 2.75) is 12.5 Å². The molecule has 0 heterocycles. The number of carboxylic acids is 1. The summed E-state index contributed by atoms with van der Waals surface area (Å²) in [7, 11) is 0. The van der Waals surface area contributed by atoms with Crippen molar-refractivity contribution in [3.8, 4) is 0 Å². The lowest BCUT2D eigenvalue weighted by Crippen LogP contribution is -2.32. The van der Waals surface area contributed by atoms with Gasteiger partial charge in [0.05, 0.1) is 0 Å². The Kier molecular flexibility index (Phi) is 5.98. The van der Waals surface area contributed by atoms with E-state index in [4.69, 9.17) is 34.0 Å². The molecule has 15 heavy (non-hydrogen) atoms. The molecule has 84 valence electrons. The topological polar surface area (TPSA) is 63.3 Å². The third-order valence-corrected chi connectivity index (χ3v) is 2.51. The summed E-state index contributed by atoms with van der Waals surface area (Å²) in [6.07, 6.45) is 0.133. The minimum atomic E-state index is -1.07. The predicted octanol–water partition coefficient (Wildman–Crippen LogP) is 2.37. The number of carbonyl (C=O) groups is 1. The molecule has 0 amide bonds. The Hall–Kier alpha value is -0.480. The van der Waals surface area contributed by atoms with Crippen LogP contribution >= 0.6 is 35.6 Å². The summed E-state index contributed by atoms with van der Waals surface area (Å²) in [5.41, 5.74) is 5.94. The fourth-order valence-electron chi connectivity index (χ4n) is 1.03. The highest BCUT2D eigenvalue weighted by molar-refractivity contribution is 6.36. The van der Waals surface area contributed by atoms with Crippen molar-refractivity contribution in [1.82, 2.24) is 0 Å².